The number of aryl methyl sites for hydroxylation is 2. The van der Waals surface area contributed by atoms with E-state index in [0.717, 1.165) is 29.0 Å². The number of benzene rings is 1. The van der Waals surface area contributed by atoms with Gasteiger partial charge in [-0.15, -0.1) is 0 Å². The molecule has 2 rings (SSSR count). The van der Waals surface area contributed by atoms with E-state index in [4.69, 9.17) is 4.52 Å². The van der Waals surface area contributed by atoms with Gasteiger partial charge in [-0.1, -0.05) is 24.2 Å². The lowest BCUT2D eigenvalue weighted by Crippen LogP contribution is -2.25. The molecule has 0 aliphatic carbocycles. The molecule has 2 aromatic rings. The quantitative estimate of drug-likeness (QED) is 0.888. The van der Waals surface area contributed by atoms with E-state index in [0.29, 0.717) is 0 Å². The van der Waals surface area contributed by atoms with E-state index < -0.39 is 0 Å². The van der Waals surface area contributed by atoms with Crippen LogP contribution in [-0.4, -0.2) is 5.16 Å². The van der Waals surface area contributed by atoms with Gasteiger partial charge >= 0.3 is 0 Å². The molecule has 0 aliphatic rings. The first-order valence-electron chi connectivity index (χ1n) is 6.97. The van der Waals surface area contributed by atoms with Crippen molar-refractivity contribution in [2.45, 2.75) is 46.2 Å². The van der Waals surface area contributed by atoms with Gasteiger partial charge in [-0.2, -0.15) is 0 Å². The minimum Gasteiger partial charge on any atom is -0.361 e. The number of hydrogen-bond donors (Lipinski definition) is 1. The zero-order valence-corrected chi connectivity index (χ0v) is 12.4. The van der Waals surface area contributed by atoms with Crippen LogP contribution in [0.3, 0.4) is 0 Å². The van der Waals surface area contributed by atoms with Gasteiger partial charge < -0.3 is 9.84 Å². The number of hydrogen-bond acceptors (Lipinski definition) is 3. The van der Waals surface area contributed by atoms with E-state index in [1.54, 1.807) is 0 Å². The summed E-state index contributed by atoms with van der Waals surface area (Å²) in [5, 5.41) is 7.55. The summed E-state index contributed by atoms with van der Waals surface area (Å²) in [7, 11) is 0. The molecule has 108 valence electrons. The van der Waals surface area contributed by atoms with Crippen molar-refractivity contribution in [1.29, 1.82) is 0 Å². The minimum absolute atomic E-state index is 0.135. The van der Waals surface area contributed by atoms with Gasteiger partial charge in [0.2, 0.25) is 0 Å². The number of nitrogens with one attached hydrogen (secondary N) is 1. The minimum atomic E-state index is -0.206. The molecule has 0 fully saturated rings. The second kappa shape index (κ2) is 6.18. The van der Waals surface area contributed by atoms with Gasteiger partial charge in [-0.05, 0) is 44.9 Å². The Morgan fingerprint density at radius 2 is 1.90 bits per heavy atom. The van der Waals surface area contributed by atoms with Crippen molar-refractivity contribution < 1.29 is 8.91 Å². The number of aromatic nitrogens is 1. The summed E-state index contributed by atoms with van der Waals surface area (Å²) in [6.07, 6.45) is 0.930. The van der Waals surface area contributed by atoms with Gasteiger partial charge in [0.05, 0.1) is 5.69 Å². The molecule has 0 radical (unpaired) electrons. The monoisotopic (exact) mass is 276 g/mol. The van der Waals surface area contributed by atoms with Crippen LogP contribution >= 0.6 is 0 Å². The standard InChI is InChI=1S/C16H21FN2O/c1-5-15(13-6-8-14(17)9-7-13)18-10(2)16-11(3)19-20-12(16)4/h6-10,15,18H,5H2,1-4H3. The Kier molecular flexibility index (Phi) is 4.55. The lowest BCUT2D eigenvalue weighted by Gasteiger charge is -2.22. The van der Waals surface area contributed by atoms with E-state index >= 15 is 0 Å². The van der Waals surface area contributed by atoms with Crippen LogP contribution in [0.1, 0.15) is 54.9 Å². The third kappa shape index (κ3) is 3.07. The highest BCUT2D eigenvalue weighted by atomic mass is 19.1. The van der Waals surface area contributed by atoms with Gasteiger partial charge in [0.1, 0.15) is 11.6 Å². The summed E-state index contributed by atoms with van der Waals surface area (Å²) in [6, 6.07) is 6.98. The second-order valence-corrected chi connectivity index (χ2v) is 5.14. The van der Waals surface area contributed by atoms with E-state index in [1.165, 1.54) is 12.1 Å². The second-order valence-electron chi connectivity index (χ2n) is 5.14. The Morgan fingerprint density at radius 3 is 2.40 bits per heavy atom. The molecule has 1 heterocycles. The lowest BCUT2D eigenvalue weighted by atomic mass is 10.0. The summed E-state index contributed by atoms with van der Waals surface area (Å²) in [5.41, 5.74) is 3.11. The maximum atomic E-state index is 13.0. The number of halogens is 1. The highest BCUT2D eigenvalue weighted by Crippen LogP contribution is 2.26. The fourth-order valence-corrected chi connectivity index (χ4v) is 2.64. The molecular formula is C16H21FN2O. The topological polar surface area (TPSA) is 38.1 Å². The molecular weight excluding hydrogens is 255 g/mol. The molecule has 1 aromatic carbocycles. The Balaban J connectivity index is 2.16. The zero-order chi connectivity index (χ0) is 14.7. The van der Waals surface area contributed by atoms with Gasteiger partial charge in [0, 0.05) is 17.6 Å². The normalized spacial score (nSPS) is 14.2. The van der Waals surface area contributed by atoms with Crippen LogP contribution < -0.4 is 5.32 Å². The Labute approximate surface area is 119 Å². The molecule has 3 nitrogen and oxygen atoms in total. The predicted octanol–water partition coefficient (Wildman–Crippen LogP) is 4.23. The molecule has 0 saturated carbocycles. The van der Waals surface area contributed by atoms with E-state index in [-0.39, 0.29) is 17.9 Å². The summed E-state index contributed by atoms with van der Waals surface area (Å²) in [5.74, 6) is 0.638. The van der Waals surface area contributed by atoms with Crippen molar-refractivity contribution in [3.63, 3.8) is 0 Å². The smallest absolute Gasteiger partial charge is 0.138 e. The summed E-state index contributed by atoms with van der Waals surface area (Å²) in [4.78, 5) is 0. The van der Waals surface area contributed by atoms with Crippen molar-refractivity contribution in [1.82, 2.24) is 10.5 Å². The average molecular weight is 276 g/mol. The first-order valence-corrected chi connectivity index (χ1v) is 6.97. The first-order chi connectivity index (χ1) is 9.52. The first kappa shape index (κ1) is 14.7. The maximum Gasteiger partial charge on any atom is 0.138 e. The average Bonchev–Trinajstić information content (AvgIpc) is 2.76. The number of nitrogens with zero attached hydrogens (tertiary/aromatic N) is 1. The Morgan fingerprint density at radius 1 is 1.25 bits per heavy atom. The zero-order valence-electron chi connectivity index (χ0n) is 12.4. The molecule has 0 spiro atoms. The van der Waals surface area contributed by atoms with Crippen LogP contribution in [0.5, 0.6) is 0 Å². The van der Waals surface area contributed by atoms with Gasteiger partial charge in [-0.3, -0.25) is 0 Å². The van der Waals surface area contributed by atoms with E-state index in [1.807, 2.05) is 26.0 Å². The van der Waals surface area contributed by atoms with Crippen LogP contribution in [0.4, 0.5) is 4.39 Å². The van der Waals surface area contributed by atoms with Crippen molar-refractivity contribution >= 4 is 0 Å². The van der Waals surface area contributed by atoms with Crippen molar-refractivity contribution in [2.75, 3.05) is 0 Å². The van der Waals surface area contributed by atoms with Gasteiger partial charge in [0.25, 0.3) is 0 Å². The summed E-state index contributed by atoms with van der Waals surface area (Å²) < 4.78 is 18.2. The summed E-state index contributed by atoms with van der Waals surface area (Å²) in [6.45, 7) is 8.08. The van der Waals surface area contributed by atoms with Crippen LogP contribution in [0.25, 0.3) is 0 Å². The molecule has 0 bridgehead atoms. The molecule has 20 heavy (non-hydrogen) atoms. The largest absolute Gasteiger partial charge is 0.361 e. The lowest BCUT2D eigenvalue weighted by molar-refractivity contribution is 0.388. The van der Waals surface area contributed by atoms with Crippen LogP contribution in [0.15, 0.2) is 28.8 Å². The molecule has 0 saturated heterocycles. The summed E-state index contributed by atoms with van der Waals surface area (Å²) >= 11 is 0. The molecule has 2 atom stereocenters. The Bertz CT molecular complexity index is 543. The third-order valence-corrected chi connectivity index (χ3v) is 3.65. The predicted molar refractivity (Wildman–Crippen MR) is 77.0 cm³/mol. The highest BCUT2D eigenvalue weighted by molar-refractivity contribution is 5.26. The third-order valence-electron chi connectivity index (χ3n) is 3.65. The van der Waals surface area contributed by atoms with Crippen LogP contribution in [-0.2, 0) is 0 Å². The van der Waals surface area contributed by atoms with Crippen LogP contribution in [0, 0.1) is 19.7 Å². The number of rotatable bonds is 5. The van der Waals surface area contributed by atoms with Crippen molar-refractivity contribution in [3.05, 3.63) is 52.7 Å². The fourth-order valence-electron chi connectivity index (χ4n) is 2.64. The SMILES string of the molecule is CCC(NC(C)c1c(C)noc1C)c1ccc(F)cc1. The molecule has 2 unspecified atom stereocenters. The molecule has 1 N–H and O–H groups in total. The highest BCUT2D eigenvalue weighted by Gasteiger charge is 2.19. The molecule has 0 amide bonds. The van der Waals surface area contributed by atoms with Crippen LogP contribution in [0.2, 0.25) is 0 Å². The van der Waals surface area contributed by atoms with Gasteiger partial charge in [-0.25, -0.2) is 4.39 Å². The molecule has 1 aromatic heterocycles. The fraction of sp³-hybridized carbons (Fsp3) is 0.438. The Hall–Kier alpha value is -1.68. The van der Waals surface area contributed by atoms with Crippen molar-refractivity contribution in [2.24, 2.45) is 0 Å². The molecule has 4 heteroatoms. The van der Waals surface area contributed by atoms with E-state index in [9.17, 15) is 4.39 Å². The molecule has 0 aliphatic heterocycles. The van der Waals surface area contributed by atoms with Gasteiger partial charge in [0.15, 0.2) is 0 Å². The maximum absolute atomic E-state index is 13.0. The van der Waals surface area contributed by atoms with Crippen molar-refractivity contribution in [3.8, 4) is 0 Å². The van der Waals surface area contributed by atoms with E-state index in [2.05, 4.69) is 24.3 Å².